The maximum atomic E-state index is 11.3. The normalized spacial score (nSPS) is 14.5. The molecule has 0 amide bonds. The van der Waals surface area contributed by atoms with E-state index in [4.69, 9.17) is 0 Å². The molecule has 120 valence electrons. The molecule has 0 unspecified atom stereocenters. The van der Waals surface area contributed by atoms with E-state index in [1.54, 1.807) is 19.1 Å². The van der Waals surface area contributed by atoms with Gasteiger partial charge in [-0.2, -0.15) is 0 Å². The minimum atomic E-state index is -5.01. The highest BCUT2D eigenvalue weighted by molar-refractivity contribution is 7.70. The number of benzene rings is 2. The van der Waals surface area contributed by atoms with Crippen LogP contribution in [0.5, 0.6) is 0 Å². The van der Waals surface area contributed by atoms with Crippen LogP contribution in [0.15, 0.2) is 42.5 Å². The van der Waals surface area contributed by atoms with Crippen molar-refractivity contribution in [2.75, 3.05) is 0 Å². The largest absolute Gasteiger partial charge is 0.354 e. The lowest BCUT2D eigenvalue weighted by atomic mass is 10.00. The lowest BCUT2D eigenvalue weighted by Gasteiger charge is -2.25. The van der Waals surface area contributed by atoms with Gasteiger partial charge in [0.05, 0.1) is 0 Å². The predicted molar refractivity (Wildman–Crippen MR) is 83.4 cm³/mol. The van der Waals surface area contributed by atoms with Crippen molar-refractivity contribution in [2.24, 2.45) is 0 Å². The highest BCUT2D eigenvalue weighted by atomic mass is 31.2. The molecule has 0 spiro atoms. The van der Waals surface area contributed by atoms with E-state index in [1.165, 1.54) is 0 Å². The maximum absolute atomic E-state index is 11.3. The Morgan fingerprint density at radius 3 is 2.05 bits per heavy atom. The van der Waals surface area contributed by atoms with E-state index in [2.05, 4.69) is 5.32 Å². The van der Waals surface area contributed by atoms with E-state index in [9.17, 15) is 28.7 Å². The van der Waals surface area contributed by atoms with Gasteiger partial charge in [0.2, 0.25) is 5.52 Å². The number of hydrogen-bond donors (Lipinski definition) is 5. The Balaban J connectivity index is 2.40. The van der Waals surface area contributed by atoms with Crippen molar-refractivity contribution in [3.8, 4) is 0 Å². The fourth-order valence-corrected chi connectivity index (χ4v) is 4.73. The number of rotatable bonds is 5. The van der Waals surface area contributed by atoms with Crippen LogP contribution in [0.2, 0.25) is 0 Å². The van der Waals surface area contributed by atoms with Gasteiger partial charge in [-0.25, -0.2) is 0 Å². The Bertz CT molecular complexity index is 741. The van der Waals surface area contributed by atoms with E-state index < -0.39 is 26.8 Å². The second kappa shape index (κ2) is 6.22. The van der Waals surface area contributed by atoms with E-state index in [1.807, 2.05) is 30.3 Å². The van der Waals surface area contributed by atoms with Crippen molar-refractivity contribution in [1.82, 2.24) is 5.32 Å². The van der Waals surface area contributed by atoms with Gasteiger partial charge in [-0.15, -0.1) is 0 Å². The molecule has 7 nitrogen and oxygen atoms in total. The third-order valence-electron chi connectivity index (χ3n) is 3.33. The topological polar surface area (TPSA) is 127 Å². The quantitative estimate of drug-likeness (QED) is 0.525. The molecule has 0 aliphatic heterocycles. The van der Waals surface area contributed by atoms with E-state index >= 15 is 0 Å². The smallest absolute Gasteiger partial charge is 0.323 e. The van der Waals surface area contributed by atoms with Crippen LogP contribution in [0, 0.1) is 0 Å². The molecule has 0 saturated carbocycles. The summed E-state index contributed by atoms with van der Waals surface area (Å²) in [7, 11) is -10.0. The first-order valence-corrected chi connectivity index (χ1v) is 9.81. The molecular formula is C13H17NO6P2. The van der Waals surface area contributed by atoms with Crippen molar-refractivity contribution in [3.63, 3.8) is 0 Å². The van der Waals surface area contributed by atoms with Crippen LogP contribution in [-0.2, 0) is 9.13 Å². The molecule has 5 N–H and O–H groups in total. The van der Waals surface area contributed by atoms with E-state index in [0.29, 0.717) is 5.56 Å². The summed E-state index contributed by atoms with van der Waals surface area (Å²) < 4.78 is 22.7. The third kappa shape index (κ3) is 3.83. The van der Waals surface area contributed by atoms with Crippen molar-refractivity contribution < 1.29 is 28.7 Å². The molecule has 1 atom stereocenters. The van der Waals surface area contributed by atoms with Gasteiger partial charge in [0.15, 0.2) is 0 Å². The Kier molecular flexibility index (Phi) is 4.90. The summed E-state index contributed by atoms with van der Waals surface area (Å²) >= 11 is 0. The van der Waals surface area contributed by atoms with Crippen LogP contribution in [-0.4, -0.2) is 25.1 Å². The summed E-state index contributed by atoms with van der Waals surface area (Å²) in [5, 5.41) is 4.15. The molecule has 0 bridgehead atoms. The first kappa shape index (κ1) is 17.3. The maximum Gasteiger partial charge on any atom is 0.354 e. The minimum Gasteiger partial charge on any atom is -0.323 e. The molecule has 22 heavy (non-hydrogen) atoms. The van der Waals surface area contributed by atoms with Crippen molar-refractivity contribution >= 4 is 26.0 Å². The molecule has 0 fully saturated rings. The Morgan fingerprint density at radius 1 is 0.909 bits per heavy atom. The first-order chi connectivity index (χ1) is 10.1. The molecule has 0 aliphatic rings. The summed E-state index contributed by atoms with van der Waals surface area (Å²) in [5.74, 6) is 0. The van der Waals surface area contributed by atoms with Crippen LogP contribution < -0.4 is 5.32 Å². The summed E-state index contributed by atoms with van der Waals surface area (Å²) in [6, 6.07) is 12.2. The van der Waals surface area contributed by atoms with Crippen molar-refractivity contribution in [1.29, 1.82) is 0 Å². The second-order valence-corrected chi connectivity index (χ2v) is 8.81. The monoisotopic (exact) mass is 345 g/mol. The molecular weight excluding hydrogens is 328 g/mol. The molecule has 0 heterocycles. The molecule has 2 aromatic carbocycles. The zero-order chi connectivity index (χ0) is 16.5. The van der Waals surface area contributed by atoms with Gasteiger partial charge in [-0.05, 0) is 23.3 Å². The van der Waals surface area contributed by atoms with Gasteiger partial charge in [0, 0.05) is 6.04 Å². The summed E-state index contributed by atoms with van der Waals surface area (Å²) in [6.45, 7) is 1.60. The fourth-order valence-electron chi connectivity index (χ4n) is 2.33. The summed E-state index contributed by atoms with van der Waals surface area (Å²) in [6.07, 6.45) is 0. The van der Waals surface area contributed by atoms with E-state index in [-0.39, 0.29) is 0 Å². The summed E-state index contributed by atoms with van der Waals surface area (Å²) in [5.41, 5.74) is -1.53. The lowest BCUT2D eigenvalue weighted by Crippen LogP contribution is -2.31. The van der Waals surface area contributed by atoms with Gasteiger partial charge >= 0.3 is 15.2 Å². The average Bonchev–Trinajstić information content (AvgIpc) is 2.41. The predicted octanol–water partition coefficient (Wildman–Crippen LogP) is 2.13. The Labute approximate surface area is 127 Å². The zero-order valence-corrected chi connectivity index (χ0v) is 13.5. The Hall–Kier alpha value is -1.04. The molecule has 0 aromatic heterocycles. The third-order valence-corrected chi connectivity index (χ3v) is 6.70. The van der Waals surface area contributed by atoms with Gasteiger partial charge in [0.25, 0.3) is 0 Å². The van der Waals surface area contributed by atoms with E-state index in [0.717, 1.165) is 10.8 Å². The highest BCUT2D eigenvalue weighted by Crippen LogP contribution is 2.58. The molecule has 2 aromatic rings. The molecule has 0 radical (unpaired) electrons. The fraction of sp³-hybridized carbons (Fsp3) is 0.231. The lowest BCUT2D eigenvalue weighted by molar-refractivity contribution is 0.322. The standard InChI is InChI=1S/C13H17NO6P2/c1-9(14-13(21(15,16)17)22(18,19)20)11-8-4-6-10-5-2-3-7-12(10)11/h2-9,13-14H,1H3,(H2,15,16,17)(H2,18,19,20)/t9-/m0/s1. The second-order valence-electron chi connectivity index (χ2n) is 5.01. The van der Waals surface area contributed by atoms with Gasteiger partial charge in [-0.1, -0.05) is 42.5 Å². The van der Waals surface area contributed by atoms with Gasteiger partial charge in [0.1, 0.15) is 0 Å². The van der Waals surface area contributed by atoms with Gasteiger partial charge < -0.3 is 19.6 Å². The van der Waals surface area contributed by atoms with Crippen molar-refractivity contribution in [2.45, 2.75) is 18.5 Å². The Morgan fingerprint density at radius 2 is 1.45 bits per heavy atom. The van der Waals surface area contributed by atoms with Crippen LogP contribution in [0.3, 0.4) is 0 Å². The zero-order valence-electron chi connectivity index (χ0n) is 11.7. The minimum absolute atomic E-state index is 0.656. The number of hydrogen-bond acceptors (Lipinski definition) is 3. The molecule has 0 saturated heterocycles. The van der Waals surface area contributed by atoms with Gasteiger partial charge in [-0.3, -0.25) is 14.4 Å². The first-order valence-electron chi connectivity index (χ1n) is 6.45. The van der Waals surface area contributed by atoms with Crippen molar-refractivity contribution in [3.05, 3.63) is 48.0 Å². The summed E-state index contributed by atoms with van der Waals surface area (Å²) in [4.78, 5) is 36.7. The molecule has 9 heteroatoms. The SMILES string of the molecule is C[C@H](NC(P(=O)(O)O)P(=O)(O)O)c1cccc2ccccc12. The number of nitrogens with one attached hydrogen (secondary N) is 1. The molecule has 0 aliphatic carbocycles. The van der Waals surface area contributed by atoms with Crippen LogP contribution in [0.25, 0.3) is 10.8 Å². The van der Waals surface area contributed by atoms with Crippen LogP contribution in [0.4, 0.5) is 0 Å². The van der Waals surface area contributed by atoms with Crippen LogP contribution >= 0.6 is 15.2 Å². The molecule has 2 rings (SSSR count). The van der Waals surface area contributed by atoms with Crippen LogP contribution in [0.1, 0.15) is 18.5 Å². The highest BCUT2D eigenvalue weighted by Gasteiger charge is 2.44. The number of fused-ring (bicyclic) bond motifs is 1. The average molecular weight is 345 g/mol.